The fourth-order valence-electron chi connectivity index (χ4n) is 2.68. The van der Waals surface area contributed by atoms with E-state index in [0.29, 0.717) is 12.0 Å². The quantitative estimate of drug-likeness (QED) is 0.849. The molecule has 1 aromatic carbocycles. The number of halogens is 1. The van der Waals surface area contributed by atoms with Gasteiger partial charge in [0, 0.05) is 11.7 Å². The molecule has 2 unspecified atom stereocenters. The number of ether oxygens (including phenoxy) is 1. The number of esters is 1. The Labute approximate surface area is 113 Å². The Balaban J connectivity index is 2.10. The first kappa shape index (κ1) is 13.8. The molecule has 0 saturated heterocycles. The number of nitrogens with one attached hydrogen (secondary N) is 1. The van der Waals surface area contributed by atoms with E-state index >= 15 is 0 Å². The van der Waals surface area contributed by atoms with Crippen LogP contribution in [0.2, 0.25) is 0 Å². The van der Waals surface area contributed by atoms with Crippen molar-refractivity contribution in [2.45, 2.75) is 38.6 Å². The highest BCUT2D eigenvalue weighted by atomic mass is 19.1. The maximum atomic E-state index is 13.5. The molecular weight excluding hydrogens is 245 g/mol. The molecule has 4 heteroatoms. The lowest BCUT2D eigenvalue weighted by atomic mass is 9.87. The highest BCUT2D eigenvalue weighted by Crippen LogP contribution is 2.26. The third-order valence-electron chi connectivity index (χ3n) is 3.68. The summed E-state index contributed by atoms with van der Waals surface area (Å²) in [5.41, 5.74) is 0.761. The van der Waals surface area contributed by atoms with Crippen molar-refractivity contribution in [2.75, 3.05) is 12.4 Å². The van der Waals surface area contributed by atoms with Crippen molar-refractivity contribution in [3.63, 3.8) is 0 Å². The fraction of sp³-hybridized carbons (Fsp3) is 0.533. The van der Waals surface area contributed by atoms with Crippen LogP contribution in [0.5, 0.6) is 0 Å². The van der Waals surface area contributed by atoms with Crippen molar-refractivity contribution in [3.05, 3.63) is 29.6 Å². The summed E-state index contributed by atoms with van der Waals surface area (Å²) < 4.78 is 18.1. The van der Waals surface area contributed by atoms with Gasteiger partial charge in [0.1, 0.15) is 5.82 Å². The van der Waals surface area contributed by atoms with Crippen molar-refractivity contribution in [1.29, 1.82) is 0 Å². The third-order valence-corrected chi connectivity index (χ3v) is 3.68. The van der Waals surface area contributed by atoms with Gasteiger partial charge in [-0.15, -0.1) is 0 Å². The number of methoxy groups -OCH3 is 1. The number of carbonyl (C=O) groups is 1. The summed E-state index contributed by atoms with van der Waals surface area (Å²) in [5.74, 6) is -0.473. The maximum Gasteiger partial charge on any atom is 0.340 e. The van der Waals surface area contributed by atoms with Gasteiger partial charge in [-0.2, -0.15) is 0 Å². The van der Waals surface area contributed by atoms with Crippen LogP contribution in [0.25, 0.3) is 0 Å². The predicted octanol–water partition coefficient (Wildman–Crippen LogP) is 3.60. The molecule has 1 N–H and O–H groups in total. The Morgan fingerprint density at radius 3 is 2.89 bits per heavy atom. The highest BCUT2D eigenvalue weighted by Gasteiger charge is 2.19. The van der Waals surface area contributed by atoms with Gasteiger partial charge in [-0.1, -0.05) is 19.8 Å². The molecule has 0 aromatic heterocycles. The van der Waals surface area contributed by atoms with Crippen LogP contribution in [0.4, 0.5) is 10.1 Å². The molecule has 104 valence electrons. The average molecular weight is 265 g/mol. The monoisotopic (exact) mass is 265 g/mol. The first-order chi connectivity index (χ1) is 9.10. The predicted molar refractivity (Wildman–Crippen MR) is 72.8 cm³/mol. The van der Waals surface area contributed by atoms with Crippen LogP contribution in [0, 0.1) is 11.7 Å². The normalized spacial score (nSPS) is 22.9. The van der Waals surface area contributed by atoms with Gasteiger partial charge in [0.2, 0.25) is 0 Å². The van der Waals surface area contributed by atoms with Crippen LogP contribution in [-0.2, 0) is 4.74 Å². The summed E-state index contributed by atoms with van der Waals surface area (Å²) in [5, 5.41) is 3.38. The molecule has 0 spiro atoms. The minimum atomic E-state index is -0.641. The zero-order valence-electron chi connectivity index (χ0n) is 11.4. The zero-order valence-corrected chi connectivity index (χ0v) is 11.4. The minimum absolute atomic E-state index is 0.0173. The van der Waals surface area contributed by atoms with E-state index in [1.807, 2.05) is 0 Å². The molecule has 19 heavy (non-hydrogen) atoms. The Hall–Kier alpha value is -1.58. The summed E-state index contributed by atoms with van der Waals surface area (Å²) >= 11 is 0. The second kappa shape index (κ2) is 6.04. The summed E-state index contributed by atoms with van der Waals surface area (Å²) in [6, 6.07) is 4.90. The van der Waals surface area contributed by atoms with Crippen molar-refractivity contribution >= 4 is 11.7 Å². The fourth-order valence-corrected chi connectivity index (χ4v) is 2.68. The highest BCUT2D eigenvalue weighted by molar-refractivity contribution is 5.90. The topological polar surface area (TPSA) is 38.3 Å². The third kappa shape index (κ3) is 3.46. The van der Waals surface area contributed by atoms with Gasteiger partial charge in [0.15, 0.2) is 0 Å². The Bertz CT molecular complexity index is 461. The molecule has 1 aliphatic carbocycles. The molecule has 0 aliphatic heterocycles. The van der Waals surface area contributed by atoms with Gasteiger partial charge < -0.3 is 10.1 Å². The molecular formula is C15H20FNO2. The molecule has 1 saturated carbocycles. The molecule has 1 aliphatic rings. The van der Waals surface area contributed by atoms with E-state index < -0.39 is 11.8 Å². The number of rotatable bonds is 3. The van der Waals surface area contributed by atoms with Crippen LogP contribution in [0.3, 0.4) is 0 Å². The molecule has 0 amide bonds. The van der Waals surface area contributed by atoms with Crippen molar-refractivity contribution in [1.82, 2.24) is 0 Å². The van der Waals surface area contributed by atoms with E-state index in [-0.39, 0.29) is 5.56 Å². The number of benzene rings is 1. The maximum absolute atomic E-state index is 13.5. The molecule has 0 bridgehead atoms. The molecule has 2 rings (SSSR count). The first-order valence-corrected chi connectivity index (χ1v) is 6.74. The molecule has 0 radical (unpaired) electrons. The lowest BCUT2D eigenvalue weighted by Gasteiger charge is -2.28. The van der Waals surface area contributed by atoms with E-state index in [4.69, 9.17) is 0 Å². The second-order valence-electron chi connectivity index (χ2n) is 5.30. The number of hydrogen-bond acceptors (Lipinski definition) is 3. The SMILES string of the molecule is COC(=O)c1cc(NC2CCCC(C)C2)ccc1F. The smallest absolute Gasteiger partial charge is 0.340 e. The average Bonchev–Trinajstić information content (AvgIpc) is 2.40. The Morgan fingerprint density at radius 1 is 1.42 bits per heavy atom. The van der Waals surface area contributed by atoms with Crippen LogP contribution in [-0.4, -0.2) is 19.1 Å². The summed E-state index contributed by atoms with van der Waals surface area (Å²) in [7, 11) is 1.25. The first-order valence-electron chi connectivity index (χ1n) is 6.74. The van der Waals surface area contributed by atoms with Gasteiger partial charge in [-0.3, -0.25) is 0 Å². The largest absolute Gasteiger partial charge is 0.465 e. The second-order valence-corrected chi connectivity index (χ2v) is 5.30. The number of anilines is 1. The number of carbonyl (C=O) groups excluding carboxylic acids is 1. The minimum Gasteiger partial charge on any atom is -0.465 e. The molecule has 0 heterocycles. The summed E-state index contributed by atoms with van der Waals surface area (Å²) in [6.45, 7) is 2.25. The van der Waals surface area contributed by atoms with E-state index in [1.54, 1.807) is 6.07 Å². The molecule has 1 aromatic rings. The van der Waals surface area contributed by atoms with Crippen LogP contribution in [0.1, 0.15) is 43.0 Å². The van der Waals surface area contributed by atoms with E-state index in [9.17, 15) is 9.18 Å². The van der Waals surface area contributed by atoms with E-state index in [0.717, 1.165) is 18.5 Å². The van der Waals surface area contributed by atoms with E-state index in [2.05, 4.69) is 17.0 Å². The standard InChI is InChI=1S/C15H20FNO2/c1-10-4-3-5-11(8-10)17-12-6-7-14(16)13(9-12)15(18)19-2/h6-7,9-11,17H,3-5,8H2,1-2H3. The van der Waals surface area contributed by atoms with Crippen molar-refractivity contribution in [3.8, 4) is 0 Å². The van der Waals surface area contributed by atoms with E-state index in [1.165, 1.54) is 32.1 Å². The summed E-state index contributed by atoms with van der Waals surface area (Å²) in [4.78, 5) is 11.4. The van der Waals surface area contributed by atoms with Crippen LogP contribution < -0.4 is 5.32 Å². The van der Waals surface area contributed by atoms with Crippen LogP contribution >= 0.6 is 0 Å². The van der Waals surface area contributed by atoms with Gasteiger partial charge in [-0.25, -0.2) is 9.18 Å². The summed E-state index contributed by atoms with van der Waals surface area (Å²) in [6.07, 6.45) is 4.72. The van der Waals surface area contributed by atoms with Gasteiger partial charge in [0.05, 0.1) is 12.7 Å². The Morgan fingerprint density at radius 2 is 2.21 bits per heavy atom. The lowest BCUT2D eigenvalue weighted by molar-refractivity contribution is 0.0595. The van der Waals surface area contributed by atoms with Gasteiger partial charge >= 0.3 is 5.97 Å². The molecule has 1 fully saturated rings. The molecule has 2 atom stereocenters. The molecule has 3 nitrogen and oxygen atoms in total. The number of hydrogen-bond donors (Lipinski definition) is 1. The van der Waals surface area contributed by atoms with Crippen molar-refractivity contribution < 1.29 is 13.9 Å². The van der Waals surface area contributed by atoms with Gasteiger partial charge in [-0.05, 0) is 37.0 Å². The van der Waals surface area contributed by atoms with Crippen molar-refractivity contribution in [2.24, 2.45) is 5.92 Å². The zero-order chi connectivity index (χ0) is 13.8. The van der Waals surface area contributed by atoms with Gasteiger partial charge in [0.25, 0.3) is 0 Å². The van der Waals surface area contributed by atoms with Crippen LogP contribution in [0.15, 0.2) is 18.2 Å². The lowest BCUT2D eigenvalue weighted by Crippen LogP contribution is -2.26. The Kier molecular flexibility index (Phi) is 4.40.